The zero-order chi connectivity index (χ0) is 26.3. The summed E-state index contributed by atoms with van der Waals surface area (Å²) in [5, 5.41) is 20.6. The molecule has 1 fully saturated rings. The van der Waals surface area contributed by atoms with Gasteiger partial charge in [0.15, 0.2) is 0 Å². The van der Waals surface area contributed by atoms with Gasteiger partial charge in [-0.2, -0.15) is 5.26 Å². The molecule has 0 saturated carbocycles. The predicted molar refractivity (Wildman–Crippen MR) is 150 cm³/mol. The van der Waals surface area contributed by atoms with Crippen LogP contribution < -0.4 is 4.74 Å². The Balaban J connectivity index is 1.37. The van der Waals surface area contributed by atoms with Crippen molar-refractivity contribution in [3.05, 3.63) is 88.1 Å². The van der Waals surface area contributed by atoms with E-state index >= 15 is 0 Å². The van der Waals surface area contributed by atoms with Gasteiger partial charge in [-0.15, -0.1) is 11.3 Å². The van der Waals surface area contributed by atoms with Crippen LogP contribution in [0.3, 0.4) is 0 Å². The second-order valence-electron chi connectivity index (χ2n) is 9.04. The van der Waals surface area contributed by atoms with Crippen LogP contribution in [0.5, 0.6) is 5.88 Å². The average Bonchev–Trinajstić information content (AvgIpc) is 3.36. The Morgan fingerprint density at radius 1 is 0.974 bits per heavy atom. The van der Waals surface area contributed by atoms with Gasteiger partial charge in [0.2, 0.25) is 5.88 Å². The Kier molecular flexibility index (Phi) is 8.64. The minimum absolute atomic E-state index is 0.187. The molecule has 1 aliphatic rings. The highest BCUT2D eigenvalue weighted by molar-refractivity contribution is 7.15. The van der Waals surface area contributed by atoms with Crippen molar-refractivity contribution in [1.29, 1.82) is 5.26 Å². The number of thiazole rings is 1. The maximum Gasteiger partial charge on any atom is 0.232 e. The first-order chi connectivity index (χ1) is 18.6. The van der Waals surface area contributed by atoms with Crippen molar-refractivity contribution in [3.63, 3.8) is 0 Å². The van der Waals surface area contributed by atoms with Gasteiger partial charge in [0.25, 0.3) is 0 Å². The van der Waals surface area contributed by atoms with E-state index in [-0.39, 0.29) is 13.2 Å². The molecule has 0 spiro atoms. The van der Waals surface area contributed by atoms with E-state index in [0.717, 1.165) is 65.0 Å². The maximum absolute atomic E-state index is 9.90. The molecule has 2 aromatic heterocycles. The number of aliphatic hydroxyl groups is 1. The summed E-state index contributed by atoms with van der Waals surface area (Å²) >= 11 is 7.74. The van der Waals surface area contributed by atoms with Crippen molar-refractivity contribution in [2.75, 3.05) is 39.3 Å². The van der Waals surface area contributed by atoms with Crippen LogP contribution in [0.1, 0.15) is 16.3 Å². The molecule has 1 saturated heterocycles. The van der Waals surface area contributed by atoms with Gasteiger partial charge in [-0.3, -0.25) is 9.80 Å². The van der Waals surface area contributed by atoms with Gasteiger partial charge in [0.05, 0.1) is 17.2 Å². The monoisotopic (exact) mass is 545 g/mol. The van der Waals surface area contributed by atoms with E-state index in [2.05, 4.69) is 20.9 Å². The highest BCUT2D eigenvalue weighted by Crippen LogP contribution is 2.34. The van der Waals surface area contributed by atoms with E-state index < -0.39 is 0 Å². The zero-order valence-electron chi connectivity index (χ0n) is 20.9. The summed E-state index contributed by atoms with van der Waals surface area (Å²) in [6.07, 6.45) is 1.67. The zero-order valence-corrected chi connectivity index (χ0v) is 22.5. The molecular formula is C29H28ClN5O2S. The van der Waals surface area contributed by atoms with Gasteiger partial charge in [0.1, 0.15) is 23.2 Å². The van der Waals surface area contributed by atoms with Crippen molar-refractivity contribution in [2.24, 2.45) is 0 Å². The van der Waals surface area contributed by atoms with Gasteiger partial charge >= 0.3 is 0 Å². The van der Waals surface area contributed by atoms with Crippen LogP contribution in [0, 0.1) is 11.3 Å². The standard InChI is InChI=1S/C29H28ClN5O2S/c30-23-8-6-22(7-9-23)28-26(19-35-14-12-34(13-15-35)16-17-36)33-27(38-28)20-37-29-25(18-31)24(10-11-32-29)21-4-2-1-3-5-21/h1-11,36H,12-17,19-20H2. The minimum atomic E-state index is 0.187. The average molecular weight is 546 g/mol. The Hall–Kier alpha value is -3.32. The van der Waals surface area contributed by atoms with E-state index in [0.29, 0.717) is 23.0 Å². The fourth-order valence-corrected chi connectivity index (χ4v) is 5.69. The second kappa shape index (κ2) is 12.5. The number of hydrogen-bond donors (Lipinski definition) is 1. The highest BCUT2D eigenvalue weighted by atomic mass is 35.5. The van der Waals surface area contributed by atoms with Crippen LogP contribution in [-0.2, 0) is 13.2 Å². The van der Waals surface area contributed by atoms with Gasteiger partial charge < -0.3 is 9.84 Å². The van der Waals surface area contributed by atoms with E-state index in [1.54, 1.807) is 17.5 Å². The molecule has 0 atom stereocenters. The van der Waals surface area contributed by atoms with Gasteiger partial charge in [0, 0.05) is 56.1 Å². The van der Waals surface area contributed by atoms with Crippen LogP contribution in [0.15, 0.2) is 66.9 Å². The summed E-state index contributed by atoms with van der Waals surface area (Å²) in [7, 11) is 0. The van der Waals surface area contributed by atoms with Crippen molar-refractivity contribution >= 4 is 22.9 Å². The molecule has 1 N–H and O–H groups in total. The number of aliphatic hydroxyl groups excluding tert-OH is 1. The quantitative estimate of drug-likeness (QED) is 0.314. The third kappa shape index (κ3) is 6.21. The predicted octanol–water partition coefficient (Wildman–Crippen LogP) is 5.09. The summed E-state index contributed by atoms with van der Waals surface area (Å²) in [5.41, 5.74) is 4.21. The Bertz CT molecular complexity index is 1400. The van der Waals surface area contributed by atoms with Crippen LogP contribution in [-0.4, -0.2) is 64.2 Å². The number of nitrogens with zero attached hydrogens (tertiary/aromatic N) is 5. The molecule has 4 aromatic rings. The second-order valence-corrected chi connectivity index (χ2v) is 10.6. The number of rotatable bonds is 9. The molecule has 7 nitrogen and oxygen atoms in total. The number of nitriles is 1. The van der Waals surface area contributed by atoms with Crippen LogP contribution >= 0.6 is 22.9 Å². The van der Waals surface area contributed by atoms with Crippen molar-refractivity contribution in [3.8, 4) is 33.5 Å². The smallest absolute Gasteiger partial charge is 0.232 e. The van der Waals surface area contributed by atoms with E-state index in [1.165, 1.54) is 0 Å². The number of benzene rings is 2. The number of ether oxygens (including phenoxy) is 1. The molecule has 2 aromatic carbocycles. The first-order valence-corrected chi connectivity index (χ1v) is 13.7. The third-order valence-electron chi connectivity index (χ3n) is 6.55. The van der Waals surface area contributed by atoms with Gasteiger partial charge in [-0.05, 0) is 29.3 Å². The lowest BCUT2D eigenvalue weighted by Crippen LogP contribution is -2.46. The highest BCUT2D eigenvalue weighted by Gasteiger charge is 2.21. The summed E-state index contributed by atoms with van der Waals surface area (Å²) in [6.45, 7) is 5.55. The van der Waals surface area contributed by atoms with Crippen LogP contribution in [0.4, 0.5) is 0 Å². The molecule has 5 rings (SSSR count). The Labute approximate surface area is 231 Å². The first-order valence-electron chi connectivity index (χ1n) is 12.5. The van der Waals surface area contributed by atoms with E-state index in [4.69, 9.17) is 21.3 Å². The van der Waals surface area contributed by atoms with Crippen LogP contribution in [0.2, 0.25) is 5.02 Å². The lowest BCUT2D eigenvalue weighted by Gasteiger charge is -2.34. The van der Waals surface area contributed by atoms with Crippen molar-refractivity contribution < 1.29 is 9.84 Å². The topological polar surface area (TPSA) is 85.5 Å². The molecule has 9 heteroatoms. The number of aromatic nitrogens is 2. The number of hydrogen-bond acceptors (Lipinski definition) is 8. The fraction of sp³-hybridized carbons (Fsp3) is 0.276. The fourth-order valence-electron chi connectivity index (χ4n) is 4.57. The molecule has 0 bridgehead atoms. The molecular weight excluding hydrogens is 518 g/mol. The largest absolute Gasteiger partial charge is 0.469 e. The first kappa shape index (κ1) is 26.3. The Morgan fingerprint density at radius 2 is 1.71 bits per heavy atom. The van der Waals surface area contributed by atoms with Gasteiger partial charge in [-0.25, -0.2) is 9.97 Å². The lowest BCUT2D eigenvalue weighted by molar-refractivity contribution is 0.108. The summed E-state index contributed by atoms with van der Waals surface area (Å²) in [4.78, 5) is 15.1. The SMILES string of the molecule is N#Cc1c(-c2ccccc2)ccnc1OCc1nc(CN2CCN(CCO)CC2)c(-c2ccc(Cl)cc2)s1. The molecule has 0 unspecified atom stereocenters. The summed E-state index contributed by atoms with van der Waals surface area (Å²) in [5.74, 6) is 0.304. The molecule has 3 heterocycles. The number of pyridine rings is 1. The number of halogens is 1. The molecule has 1 aliphatic heterocycles. The van der Waals surface area contributed by atoms with Gasteiger partial charge in [-0.1, -0.05) is 54.1 Å². The molecule has 0 amide bonds. The minimum Gasteiger partial charge on any atom is -0.469 e. The lowest BCUT2D eigenvalue weighted by atomic mass is 10.0. The molecule has 38 heavy (non-hydrogen) atoms. The maximum atomic E-state index is 9.90. The Morgan fingerprint density at radius 3 is 2.42 bits per heavy atom. The van der Waals surface area contributed by atoms with Crippen molar-refractivity contribution in [2.45, 2.75) is 13.2 Å². The molecule has 0 radical (unpaired) electrons. The third-order valence-corrected chi connectivity index (χ3v) is 7.92. The van der Waals surface area contributed by atoms with E-state index in [9.17, 15) is 10.4 Å². The molecule has 194 valence electrons. The number of β-amino-alcohol motifs (C(OH)–C–C–N with tert-alkyl or cyclic N) is 1. The number of piperazine rings is 1. The summed E-state index contributed by atoms with van der Waals surface area (Å²) < 4.78 is 6.08. The van der Waals surface area contributed by atoms with Crippen LogP contribution in [0.25, 0.3) is 21.6 Å². The van der Waals surface area contributed by atoms with Crippen molar-refractivity contribution in [1.82, 2.24) is 19.8 Å². The van der Waals surface area contributed by atoms with E-state index in [1.807, 2.05) is 60.7 Å². The summed E-state index contributed by atoms with van der Waals surface area (Å²) in [6, 6.07) is 21.7. The normalized spacial score (nSPS) is 14.3. The molecule has 0 aliphatic carbocycles.